The van der Waals surface area contributed by atoms with Gasteiger partial charge in [-0.3, -0.25) is 10.1 Å². The molecule has 1 atom stereocenters. The Kier molecular flexibility index (Phi) is 5.72. The van der Waals surface area contributed by atoms with Crippen LogP contribution in [-0.2, 0) is 4.74 Å². The second-order valence-electron chi connectivity index (χ2n) is 5.87. The second kappa shape index (κ2) is 8.38. The number of esters is 1. The van der Waals surface area contributed by atoms with Crippen molar-refractivity contribution in [2.45, 2.75) is 13.0 Å². The molecule has 3 aromatic rings. The van der Waals surface area contributed by atoms with Gasteiger partial charge in [0.25, 0.3) is 11.6 Å². The van der Waals surface area contributed by atoms with Crippen LogP contribution < -0.4 is 9.47 Å². The minimum atomic E-state index is -0.810. The molecule has 0 unspecified atom stereocenters. The molecule has 2 aromatic carbocycles. The highest BCUT2D eigenvalue weighted by Gasteiger charge is 2.21. The lowest BCUT2D eigenvalue weighted by Crippen LogP contribution is -2.10. The summed E-state index contributed by atoms with van der Waals surface area (Å²) in [4.78, 5) is 22.6. The molecular weight excluding hydrogens is 382 g/mol. The van der Waals surface area contributed by atoms with E-state index in [0.29, 0.717) is 17.1 Å². The number of nitro groups is 1. The van der Waals surface area contributed by atoms with Gasteiger partial charge in [-0.1, -0.05) is 0 Å². The van der Waals surface area contributed by atoms with E-state index in [4.69, 9.17) is 18.6 Å². The minimum Gasteiger partial charge on any atom is -0.493 e. The van der Waals surface area contributed by atoms with E-state index >= 15 is 0 Å². The summed E-state index contributed by atoms with van der Waals surface area (Å²) in [5.41, 5.74) is 0.725. The third-order valence-corrected chi connectivity index (χ3v) is 4.02. The maximum absolute atomic E-state index is 12.4. The number of rotatable bonds is 7. The summed E-state index contributed by atoms with van der Waals surface area (Å²) in [7, 11) is 2.96. The van der Waals surface area contributed by atoms with Crippen LogP contribution in [-0.4, -0.2) is 35.3 Å². The zero-order chi connectivity index (χ0) is 21.0. The summed E-state index contributed by atoms with van der Waals surface area (Å²) < 4.78 is 21.2. The Balaban J connectivity index is 1.72. The summed E-state index contributed by atoms with van der Waals surface area (Å²) in [6.45, 7) is 1.59. The van der Waals surface area contributed by atoms with Crippen molar-refractivity contribution in [1.29, 1.82) is 0 Å². The molecule has 3 rings (SSSR count). The third kappa shape index (κ3) is 4.32. The Morgan fingerprint density at radius 2 is 1.76 bits per heavy atom. The monoisotopic (exact) mass is 399 g/mol. The fourth-order valence-electron chi connectivity index (χ4n) is 2.48. The van der Waals surface area contributed by atoms with Gasteiger partial charge in [0.2, 0.25) is 5.89 Å². The average molecular weight is 399 g/mol. The van der Waals surface area contributed by atoms with Crippen LogP contribution in [0.5, 0.6) is 11.5 Å². The largest absolute Gasteiger partial charge is 0.493 e. The maximum atomic E-state index is 12.4. The molecule has 0 bridgehead atoms. The van der Waals surface area contributed by atoms with Gasteiger partial charge in [-0.05, 0) is 37.3 Å². The van der Waals surface area contributed by atoms with Gasteiger partial charge in [0.05, 0.1) is 24.7 Å². The normalized spacial score (nSPS) is 11.6. The first-order valence-electron chi connectivity index (χ1n) is 8.44. The van der Waals surface area contributed by atoms with E-state index in [1.165, 1.54) is 44.6 Å². The number of ether oxygens (including phenoxy) is 3. The number of carbonyl (C=O) groups is 1. The molecule has 10 heteroatoms. The summed E-state index contributed by atoms with van der Waals surface area (Å²) in [6, 6.07) is 10.3. The smallest absolute Gasteiger partial charge is 0.339 e. The van der Waals surface area contributed by atoms with Gasteiger partial charge in [-0.2, -0.15) is 0 Å². The van der Waals surface area contributed by atoms with Crippen LogP contribution in [0.1, 0.15) is 29.3 Å². The lowest BCUT2D eigenvalue weighted by Gasteiger charge is -2.11. The van der Waals surface area contributed by atoms with Crippen molar-refractivity contribution < 1.29 is 28.3 Å². The van der Waals surface area contributed by atoms with E-state index in [-0.39, 0.29) is 23.0 Å². The van der Waals surface area contributed by atoms with Crippen LogP contribution in [0.15, 0.2) is 46.9 Å². The molecule has 0 N–H and O–H groups in total. The predicted octanol–water partition coefficient (Wildman–Crippen LogP) is 3.58. The Morgan fingerprint density at radius 1 is 1.07 bits per heavy atom. The molecule has 0 aliphatic rings. The molecule has 10 nitrogen and oxygen atoms in total. The Labute approximate surface area is 165 Å². The van der Waals surface area contributed by atoms with Crippen LogP contribution in [0.25, 0.3) is 11.5 Å². The van der Waals surface area contributed by atoms with E-state index in [1.807, 2.05) is 0 Å². The topological polar surface area (TPSA) is 127 Å². The number of nitro benzene ring substituents is 1. The zero-order valence-electron chi connectivity index (χ0n) is 15.8. The maximum Gasteiger partial charge on any atom is 0.339 e. The number of carbonyl (C=O) groups excluding carboxylic acids is 1. The number of nitrogens with zero attached hydrogens (tertiary/aromatic N) is 3. The van der Waals surface area contributed by atoms with Crippen LogP contribution in [0.3, 0.4) is 0 Å². The van der Waals surface area contributed by atoms with Crippen LogP contribution in [0.2, 0.25) is 0 Å². The van der Waals surface area contributed by atoms with Crippen LogP contribution in [0.4, 0.5) is 5.69 Å². The molecule has 0 amide bonds. The van der Waals surface area contributed by atoms with E-state index in [0.717, 1.165) is 0 Å². The number of aromatic nitrogens is 2. The Bertz CT molecular complexity index is 1030. The number of non-ortho nitro benzene ring substituents is 1. The Hall–Kier alpha value is -3.95. The summed E-state index contributed by atoms with van der Waals surface area (Å²) in [6.07, 6.45) is -0.810. The minimum absolute atomic E-state index is 0.0503. The molecule has 150 valence electrons. The number of benzene rings is 2. The Morgan fingerprint density at radius 3 is 2.38 bits per heavy atom. The van der Waals surface area contributed by atoms with E-state index < -0.39 is 17.0 Å². The van der Waals surface area contributed by atoms with Crippen molar-refractivity contribution in [2.75, 3.05) is 14.2 Å². The van der Waals surface area contributed by atoms with Crippen molar-refractivity contribution in [2.24, 2.45) is 0 Å². The van der Waals surface area contributed by atoms with Crippen molar-refractivity contribution in [3.8, 4) is 23.0 Å². The second-order valence-corrected chi connectivity index (χ2v) is 5.87. The molecule has 0 aliphatic heterocycles. The van der Waals surface area contributed by atoms with E-state index in [2.05, 4.69) is 10.2 Å². The zero-order valence-corrected chi connectivity index (χ0v) is 15.8. The first-order chi connectivity index (χ1) is 13.9. The summed E-state index contributed by atoms with van der Waals surface area (Å²) in [5, 5.41) is 18.5. The summed E-state index contributed by atoms with van der Waals surface area (Å²) in [5.74, 6) is 0.527. The first kappa shape index (κ1) is 19.8. The molecule has 29 heavy (non-hydrogen) atoms. The van der Waals surface area contributed by atoms with Gasteiger partial charge >= 0.3 is 5.97 Å². The average Bonchev–Trinajstić information content (AvgIpc) is 3.23. The fourth-order valence-corrected chi connectivity index (χ4v) is 2.48. The van der Waals surface area contributed by atoms with Crippen molar-refractivity contribution >= 4 is 11.7 Å². The standard InChI is InChI=1S/C19H17N3O7/c1-11(28-19(23)13-6-9-15(26-2)16(10-13)27-3)17-20-21-18(29-17)12-4-7-14(8-5-12)22(24)25/h4-11H,1-3H3/t11-/m0/s1. The number of hydrogen-bond acceptors (Lipinski definition) is 9. The number of hydrogen-bond donors (Lipinski definition) is 0. The van der Waals surface area contributed by atoms with E-state index in [1.54, 1.807) is 19.1 Å². The van der Waals surface area contributed by atoms with Gasteiger partial charge in [-0.15, -0.1) is 10.2 Å². The highest BCUT2D eigenvalue weighted by molar-refractivity contribution is 5.90. The van der Waals surface area contributed by atoms with Gasteiger partial charge in [0.1, 0.15) is 0 Å². The highest BCUT2D eigenvalue weighted by Crippen LogP contribution is 2.29. The first-order valence-corrected chi connectivity index (χ1v) is 8.44. The van der Waals surface area contributed by atoms with Crippen molar-refractivity contribution in [3.63, 3.8) is 0 Å². The van der Waals surface area contributed by atoms with Crippen molar-refractivity contribution in [3.05, 3.63) is 64.0 Å². The van der Waals surface area contributed by atoms with Gasteiger partial charge < -0.3 is 18.6 Å². The van der Waals surface area contributed by atoms with Crippen molar-refractivity contribution in [1.82, 2.24) is 10.2 Å². The van der Waals surface area contributed by atoms with Crippen LogP contribution in [0, 0.1) is 10.1 Å². The SMILES string of the molecule is COc1ccc(C(=O)O[C@@H](C)c2nnc(-c3ccc([N+](=O)[O-])cc3)o2)cc1OC. The number of methoxy groups -OCH3 is 2. The molecule has 0 radical (unpaired) electrons. The molecule has 0 fully saturated rings. The molecule has 0 saturated carbocycles. The lowest BCUT2D eigenvalue weighted by molar-refractivity contribution is -0.384. The molecule has 0 spiro atoms. The third-order valence-electron chi connectivity index (χ3n) is 4.02. The predicted molar refractivity (Wildman–Crippen MR) is 99.8 cm³/mol. The highest BCUT2D eigenvalue weighted by atomic mass is 16.6. The molecular formula is C19H17N3O7. The summed E-state index contributed by atoms with van der Waals surface area (Å²) >= 11 is 0. The lowest BCUT2D eigenvalue weighted by atomic mass is 10.2. The van der Waals surface area contributed by atoms with Gasteiger partial charge in [0, 0.05) is 17.7 Å². The van der Waals surface area contributed by atoms with Crippen LogP contribution >= 0.6 is 0 Å². The van der Waals surface area contributed by atoms with E-state index in [9.17, 15) is 14.9 Å². The fraction of sp³-hybridized carbons (Fsp3) is 0.211. The molecule has 1 aromatic heterocycles. The molecule has 0 saturated heterocycles. The van der Waals surface area contributed by atoms with Gasteiger partial charge in [0.15, 0.2) is 17.6 Å². The molecule has 0 aliphatic carbocycles. The van der Waals surface area contributed by atoms with Gasteiger partial charge in [-0.25, -0.2) is 4.79 Å². The quantitative estimate of drug-likeness (QED) is 0.333. The molecule has 1 heterocycles.